The van der Waals surface area contributed by atoms with Gasteiger partial charge in [0.2, 0.25) is 0 Å². The lowest BCUT2D eigenvalue weighted by Crippen LogP contribution is -2.36. The average molecular weight is 214 g/mol. The maximum atomic E-state index is 3.72. The lowest BCUT2D eigenvalue weighted by molar-refractivity contribution is 0.397. The zero-order chi connectivity index (χ0) is 9.80. The molecular formula is C11H22N2S. The van der Waals surface area contributed by atoms with E-state index in [9.17, 15) is 0 Å². The van der Waals surface area contributed by atoms with Crippen LogP contribution in [-0.4, -0.2) is 48.6 Å². The molecule has 2 saturated heterocycles. The summed E-state index contributed by atoms with van der Waals surface area (Å²) in [5.41, 5.74) is 0. The van der Waals surface area contributed by atoms with Gasteiger partial charge in [-0.2, -0.15) is 11.8 Å². The van der Waals surface area contributed by atoms with Crippen molar-refractivity contribution in [2.24, 2.45) is 0 Å². The summed E-state index contributed by atoms with van der Waals surface area (Å²) in [5.74, 6) is 1.39. The van der Waals surface area contributed by atoms with E-state index in [0.29, 0.717) is 0 Å². The average Bonchev–Trinajstić information content (AvgIpc) is 2.63. The first-order valence-electron chi connectivity index (χ1n) is 5.88. The van der Waals surface area contributed by atoms with Gasteiger partial charge in [-0.3, -0.25) is 0 Å². The summed E-state index contributed by atoms with van der Waals surface area (Å²) in [4.78, 5) is 2.42. The summed E-state index contributed by atoms with van der Waals surface area (Å²) in [6, 6.07) is 0.766. The lowest BCUT2D eigenvalue weighted by atomic mass is 10.2. The van der Waals surface area contributed by atoms with E-state index in [0.717, 1.165) is 11.3 Å². The summed E-state index contributed by atoms with van der Waals surface area (Å²) in [7, 11) is 2.22. The fraction of sp³-hybridized carbons (Fsp3) is 1.00. The molecule has 2 atom stereocenters. The summed E-state index contributed by atoms with van der Waals surface area (Å²) in [5, 5.41) is 4.62. The molecule has 2 fully saturated rings. The van der Waals surface area contributed by atoms with Gasteiger partial charge in [-0.05, 0) is 38.6 Å². The maximum absolute atomic E-state index is 3.72. The molecule has 2 aliphatic heterocycles. The second-order valence-corrected chi connectivity index (χ2v) is 6.05. The van der Waals surface area contributed by atoms with Crippen LogP contribution in [-0.2, 0) is 0 Å². The molecule has 0 amide bonds. The molecule has 2 nitrogen and oxygen atoms in total. The molecule has 2 aliphatic rings. The molecule has 0 aliphatic carbocycles. The summed E-state index contributed by atoms with van der Waals surface area (Å²) in [6.45, 7) is 3.76. The Kier molecular flexibility index (Phi) is 4.14. The number of hydrogen-bond donors (Lipinski definition) is 1. The molecule has 2 heterocycles. The van der Waals surface area contributed by atoms with Crippen LogP contribution in [0.25, 0.3) is 0 Å². The number of nitrogens with zero attached hydrogens (tertiary/aromatic N) is 1. The highest BCUT2D eigenvalue weighted by atomic mass is 32.2. The molecule has 0 radical (unpaired) electrons. The zero-order valence-electron chi connectivity index (χ0n) is 9.17. The second kappa shape index (κ2) is 5.38. The number of thioether (sulfide) groups is 1. The molecule has 0 aromatic rings. The van der Waals surface area contributed by atoms with Gasteiger partial charge in [0.05, 0.1) is 0 Å². The van der Waals surface area contributed by atoms with Crippen molar-refractivity contribution in [1.29, 1.82) is 0 Å². The van der Waals surface area contributed by atoms with E-state index in [1.807, 2.05) is 0 Å². The molecule has 0 aromatic heterocycles. The third-order valence-corrected chi connectivity index (χ3v) is 4.70. The number of likely N-dealkylation sites (N-methyl/N-ethyl adjacent to an activating group) is 1. The van der Waals surface area contributed by atoms with Crippen LogP contribution in [0.15, 0.2) is 0 Å². The maximum Gasteiger partial charge on any atom is 0.0207 e. The van der Waals surface area contributed by atoms with Crippen molar-refractivity contribution >= 4 is 11.8 Å². The summed E-state index contributed by atoms with van der Waals surface area (Å²) in [6.07, 6.45) is 5.66. The second-order valence-electron chi connectivity index (χ2n) is 4.64. The zero-order valence-corrected chi connectivity index (χ0v) is 9.98. The SMILES string of the molecule is CN1CCC(NCC2CCCCS2)C1. The standard InChI is InChI=1S/C11H22N2S/c1-13-6-5-10(9-13)12-8-11-4-2-3-7-14-11/h10-12H,2-9H2,1H3. The van der Waals surface area contributed by atoms with Gasteiger partial charge >= 0.3 is 0 Å². The Labute approximate surface area is 91.8 Å². The molecule has 0 bridgehead atoms. The van der Waals surface area contributed by atoms with Crippen molar-refractivity contribution in [2.45, 2.75) is 37.0 Å². The van der Waals surface area contributed by atoms with Crippen molar-refractivity contribution < 1.29 is 0 Å². The molecule has 0 saturated carbocycles. The minimum absolute atomic E-state index is 0.766. The Morgan fingerprint density at radius 1 is 1.36 bits per heavy atom. The highest BCUT2D eigenvalue weighted by Crippen LogP contribution is 2.24. The largest absolute Gasteiger partial charge is 0.312 e. The number of likely N-dealkylation sites (tertiary alicyclic amines) is 1. The minimum atomic E-state index is 0.766. The predicted octanol–water partition coefficient (Wildman–Crippen LogP) is 1.57. The number of hydrogen-bond acceptors (Lipinski definition) is 3. The first-order chi connectivity index (χ1) is 6.84. The van der Waals surface area contributed by atoms with Crippen molar-refractivity contribution in [3.05, 3.63) is 0 Å². The fourth-order valence-electron chi connectivity index (χ4n) is 2.37. The van der Waals surface area contributed by atoms with Crippen molar-refractivity contribution in [1.82, 2.24) is 10.2 Å². The fourth-order valence-corrected chi connectivity index (χ4v) is 3.62. The Balaban J connectivity index is 1.61. The molecule has 0 spiro atoms. The van der Waals surface area contributed by atoms with Crippen LogP contribution >= 0.6 is 11.8 Å². The van der Waals surface area contributed by atoms with Crippen molar-refractivity contribution in [3.8, 4) is 0 Å². The van der Waals surface area contributed by atoms with Crippen LogP contribution in [0.3, 0.4) is 0 Å². The monoisotopic (exact) mass is 214 g/mol. The number of nitrogens with one attached hydrogen (secondary N) is 1. The topological polar surface area (TPSA) is 15.3 Å². The normalized spacial score (nSPS) is 34.9. The minimum Gasteiger partial charge on any atom is -0.312 e. The molecule has 82 valence electrons. The van der Waals surface area contributed by atoms with Gasteiger partial charge in [-0.15, -0.1) is 0 Å². The van der Waals surface area contributed by atoms with Gasteiger partial charge in [0.1, 0.15) is 0 Å². The van der Waals surface area contributed by atoms with Gasteiger partial charge in [-0.1, -0.05) is 6.42 Å². The van der Waals surface area contributed by atoms with E-state index in [1.54, 1.807) is 0 Å². The van der Waals surface area contributed by atoms with E-state index in [2.05, 4.69) is 29.0 Å². The van der Waals surface area contributed by atoms with Crippen LogP contribution in [0, 0.1) is 0 Å². The molecule has 3 heteroatoms. The van der Waals surface area contributed by atoms with Gasteiger partial charge in [0.15, 0.2) is 0 Å². The molecule has 1 N–H and O–H groups in total. The molecule has 14 heavy (non-hydrogen) atoms. The molecule has 2 rings (SSSR count). The highest BCUT2D eigenvalue weighted by molar-refractivity contribution is 7.99. The first kappa shape index (κ1) is 10.8. The van der Waals surface area contributed by atoms with Crippen molar-refractivity contribution in [2.75, 3.05) is 32.4 Å². The van der Waals surface area contributed by atoms with Crippen LogP contribution < -0.4 is 5.32 Å². The summed E-state index contributed by atoms with van der Waals surface area (Å²) < 4.78 is 0. The summed E-state index contributed by atoms with van der Waals surface area (Å²) >= 11 is 2.17. The molecule has 2 unspecified atom stereocenters. The van der Waals surface area contributed by atoms with Gasteiger partial charge in [0.25, 0.3) is 0 Å². The number of rotatable bonds is 3. The quantitative estimate of drug-likeness (QED) is 0.768. The predicted molar refractivity (Wildman–Crippen MR) is 64.0 cm³/mol. The molecular weight excluding hydrogens is 192 g/mol. The van der Waals surface area contributed by atoms with E-state index in [4.69, 9.17) is 0 Å². The van der Waals surface area contributed by atoms with E-state index < -0.39 is 0 Å². The third kappa shape index (κ3) is 3.14. The Morgan fingerprint density at radius 2 is 2.29 bits per heavy atom. The Morgan fingerprint density at radius 3 is 2.93 bits per heavy atom. The van der Waals surface area contributed by atoms with Crippen LogP contribution in [0.4, 0.5) is 0 Å². The first-order valence-corrected chi connectivity index (χ1v) is 6.93. The lowest BCUT2D eigenvalue weighted by Gasteiger charge is -2.23. The van der Waals surface area contributed by atoms with Crippen LogP contribution in [0.5, 0.6) is 0 Å². The van der Waals surface area contributed by atoms with Crippen LogP contribution in [0.2, 0.25) is 0 Å². The third-order valence-electron chi connectivity index (χ3n) is 3.30. The van der Waals surface area contributed by atoms with Gasteiger partial charge < -0.3 is 10.2 Å². The van der Waals surface area contributed by atoms with E-state index >= 15 is 0 Å². The van der Waals surface area contributed by atoms with Crippen molar-refractivity contribution in [3.63, 3.8) is 0 Å². The highest BCUT2D eigenvalue weighted by Gasteiger charge is 2.20. The van der Waals surface area contributed by atoms with Gasteiger partial charge in [-0.25, -0.2) is 0 Å². The van der Waals surface area contributed by atoms with E-state index in [-0.39, 0.29) is 0 Å². The molecule has 0 aromatic carbocycles. The van der Waals surface area contributed by atoms with Gasteiger partial charge in [0, 0.05) is 24.4 Å². The van der Waals surface area contributed by atoms with E-state index in [1.165, 1.54) is 51.1 Å². The smallest absolute Gasteiger partial charge is 0.0207 e. The Hall–Kier alpha value is 0.270. The Bertz CT molecular complexity index is 164. The van der Waals surface area contributed by atoms with Crippen LogP contribution in [0.1, 0.15) is 25.7 Å².